The fraction of sp³-hybridized carbons (Fsp3) is 0.500. The third-order valence-corrected chi connectivity index (χ3v) is 7.93. The molecule has 2 aliphatic rings. The highest BCUT2D eigenvalue weighted by molar-refractivity contribution is 8.00. The molecule has 232 valence electrons. The summed E-state index contributed by atoms with van der Waals surface area (Å²) in [6, 6.07) is 5.89. The van der Waals surface area contributed by atoms with Crippen molar-refractivity contribution >= 4 is 65.1 Å². The molecule has 43 heavy (non-hydrogen) atoms. The van der Waals surface area contributed by atoms with Gasteiger partial charge in [0.25, 0.3) is 0 Å². The van der Waals surface area contributed by atoms with Crippen LogP contribution < -0.4 is 16.0 Å². The summed E-state index contributed by atoms with van der Waals surface area (Å²) in [5, 5.41) is 6.97. The van der Waals surface area contributed by atoms with Crippen LogP contribution >= 0.6 is 11.8 Å². The van der Waals surface area contributed by atoms with Crippen LogP contribution in [0.25, 0.3) is 0 Å². The molecule has 0 spiro atoms. The summed E-state index contributed by atoms with van der Waals surface area (Å²) >= 11 is 1.06. The number of carbonyl (C=O) groups excluding carboxylic acids is 8. The van der Waals surface area contributed by atoms with Crippen molar-refractivity contribution in [1.29, 1.82) is 0 Å². The zero-order valence-electron chi connectivity index (χ0n) is 23.8. The quantitative estimate of drug-likeness (QED) is 0.116. The maximum absolute atomic E-state index is 12.6. The van der Waals surface area contributed by atoms with Gasteiger partial charge in [-0.05, 0) is 31.0 Å². The van der Waals surface area contributed by atoms with Crippen molar-refractivity contribution in [2.45, 2.75) is 50.3 Å². The Kier molecular flexibility index (Phi) is 12.8. The van der Waals surface area contributed by atoms with E-state index in [0.717, 1.165) is 22.2 Å². The Morgan fingerprint density at radius 3 is 2.37 bits per heavy atom. The second-order valence-corrected chi connectivity index (χ2v) is 11.1. The number of ether oxygens (including phenoxy) is 1. The van der Waals surface area contributed by atoms with Gasteiger partial charge in [-0.25, -0.2) is 0 Å². The first-order chi connectivity index (χ1) is 20.6. The zero-order chi connectivity index (χ0) is 31.4. The van der Waals surface area contributed by atoms with Crippen LogP contribution in [0.2, 0.25) is 0 Å². The van der Waals surface area contributed by atoms with Gasteiger partial charge in [-0.3, -0.25) is 43.4 Å². The van der Waals surface area contributed by atoms with Crippen molar-refractivity contribution in [3.8, 4) is 0 Å². The van der Waals surface area contributed by atoms with Crippen LogP contribution in [-0.4, -0.2) is 107 Å². The number of benzene rings is 1. The average molecular weight is 618 g/mol. The molecule has 2 saturated heterocycles. The summed E-state index contributed by atoms with van der Waals surface area (Å²) in [5.41, 5.74) is 1.36. The van der Waals surface area contributed by atoms with Crippen molar-refractivity contribution < 1.29 is 43.1 Å². The molecule has 1 aromatic carbocycles. The standard InChI is InChI=1S/C28H35N5O9S/c1-2-29-22(35)9-11-33-27(40)13-21(28(33)41)43-17-20(14-34)31-24(37)16-42-15-23(36)30-19-6-3-18(4-7-19)5-8-25(38)32-12-10-26(32)39/h3-4,6-7,14,20-21H,2,5,8-13,15-17H2,1H3,(H,29,35)(H,30,36)(H,31,37)/t20-,21?/m1/s1. The van der Waals surface area contributed by atoms with E-state index in [2.05, 4.69) is 16.0 Å². The summed E-state index contributed by atoms with van der Waals surface area (Å²) < 4.78 is 5.14. The van der Waals surface area contributed by atoms with Crippen LogP contribution in [0.4, 0.5) is 5.69 Å². The van der Waals surface area contributed by atoms with Gasteiger partial charge in [0.15, 0.2) is 0 Å². The third-order valence-electron chi connectivity index (χ3n) is 6.61. The number of aryl methyl sites for hydroxylation is 1. The number of nitrogens with one attached hydrogen (secondary N) is 3. The van der Waals surface area contributed by atoms with Gasteiger partial charge in [0, 0.05) is 56.8 Å². The largest absolute Gasteiger partial charge is 0.362 e. The minimum absolute atomic E-state index is 0.00703. The van der Waals surface area contributed by atoms with Crippen LogP contribution in [0.1, 0.15) is 38.2 Å². The van der Waals surface area contributed by atoms with E-state index in [1.165, 1.54) is 4.90 Å². The number of hydrogen-bond donors (Lipinski definition) is 3. The molecule has 0 aromatic heterocycles. The number of imide groups is 2. The fourth-order valence-electron chi connectivity index (χ4n) is 4.25. The number of rotatable bonds is 17. The molecule has 2 aliphatic heterocycles. The number of carbonyl (C=O) groups is 8. The molecule has 0 radical (unpaired) electrons. The Bertz CT molecular complexity index is 1240. The van der Waals surface area contributed by atoms with Gasteiger partial charge in [-0.15, -0.1) is 11.8 Å². The highest BCUT2D eigenvalue weighted by Gasteiger charge is 2.39. The van der Waals surface area contributed by atoms with Crippen LogP contribution in [0, 0.1) is 0 Å². The molecule has 0 bridgehead atoms. The number of hydrogen-bond acceptors (Lipinski definition) is 10. The fourth-order valence-corrected chi connectivity index (χ4v) is 5.39. The number of likely N-dealkylation sites (tertiary alicyclic amines) is 2. The van der Waals surface area contributed by atoms with E-state index in [-0.39, 0.29) is 49.3 Å². The van der Waals surface area contributed by atoms with E-state index in [4.69, 9.17) is 4.74 Å². The average Bonchev–Trinajstić information content (AvgIpc) is 3.24. The van der Waals surface area contributed by atoms with Crippen LogP contribution in [0.5, 0.6) is 0 Å². The van der Waals surface area contributed by atoms with E-state index >= 15 is 0 Å². The number of amides is 7. The van der Waals surface area contributed by atoms with Crippen molar-refractivity contribution in [2.75, 3.05) is 43.9 Å². The normalized spacial score (nSPS) is 16.9. The molecule has 2 atom stereocenters. The molecule has 15 heteroatoms. The van der Waals surface area contributed by atoms with E-state index in [1.807, 2.05) is 0 Å². The molecular formula is C28H35N5O9S. The topological polar surface area (TPSA) is 188 Å². The second kappa shape index (κ2) is 16.5. The number of aldehydes is 1. The van der Waals surface area contributed by atoms with Gasteiger partial charge < -0.3 is 25.5 Å². The third kappa shape index (κ3) is 10.3. The van der Waals surface area contributed by atoms with E-state index in [0.29, 0.717) is 37.9 Å². The van der Waals surface area contributed by atoms with Gasteiger partial charge in [0.2, 0.25) is 41.4 Å². The number of nitrogens with zero attached hydrogens (tertiary/aromatic N) is 2. The lowest BCUT2D eigenvalue weighted by Gasteiger charge is -2.28. The first kappa shape index (κ1) is 33.4. The second-order valence-electron chi connectivity index (χ2n) is 9.85. The van der Waals surface area contributed by atoms with E-state index in [1.54, 1.807) is 31.2 Å². The molecule has 14 nitrogen and oxygen atoms in total. The molecule has 7 amide bonds. The predicted molar refractivity (Wildman–Crippen MR) is 154 cm³/mol. The maximum atomic E-state index is 12.6. The molecule has 2 fully saturated rings. The number of β-lactam (4-membered cyclic amide) rings is 1. The Morgan fingerprint density at radius 1 is 1.02 bits per heavy atom. The Labute approximate surface area is 252 Å². The Morgan fingerprint density at radius 2 is 1.74 bits per heavy atom. The molecule has 3 rings (SSSR count). The number of anilines is 1. The van der Waals surface area contributed by atoms with Crippen LogP contribution in [0.3, 0.4) is 0 Å². The highest BCUT2D eigenvalue weighted by atomic mass is 32.2. The van der Waals surface area contributed by atoms with Gasteiger partial charge in [0.1, 0.15) is 19.5 Å². The zero-order valence-corrected chi connectivity index (χ0v) is 24.6. The van der Waals surface area contributed by atoms with Gasteiger partial charge in [-0.1, -0.05) is 12.1 Å². The van der Waals surface area contributed by atoms with Crippen LogP contribution in [0.15, 0.2) is 24.3 Å². The summed E-state index contributed by atoms with van der Waals surface area (Å²) in [6.07, 6.45) is 1.54. The van der Waals surface area contributed by atoms with Crippen molar-refractivity contribution in [2.24, 2.45) is 0 Å². The van der Waals surface area contributed by atoms with Crippen LogP contribution in [-0.2, 0) is 49.5 Å². The SMILES string of the molecule is CCNC(=O)CCN1C(=O)CC(SC[C@@H](C=O)NC(=O)COCC(=O)Nc2ccc(CCC(=O)N3CCC3=O)cc2)C1=O. The lowest BCUT2D eigenvalue weighted by molar-refractivity contribution is -0.152. The molecule has 1 aromatic rings. The van der Waals surface area contributed by atoms with Gasteiger partial charge in [0.05, 0.1) is 11.3 Å². The highest BCUT2D eigenvalue weighted by Crippen LogP contribution is 2.25. The molecule has 1 unspecified atom stereocenters. The maximum Gasteiger partial charge on any atom is 0.250 e. The van der Waals surface area contributed by atoms with Crippen molar-refractivity contribution in [1.82, 2.24) is 20.4 Å². The van der Waals surface area contributed by atoms with E-state index < -0.39 is 48.1 Å². The monoisotopic (exact) mass is 617 g/mol. The Hall–Kier alpha value is -4.11. The first-order valence-electron chi connectivity index (χ1n) is 13.9. The lowest BCUT2D eigenvalue weighted by atomic mass is 10.1. The summed E-state index contributed by atoms with van der Waals surface area (Å²) in [7, 11) is 0. The minimum Gasteiger partial charge on any atom is -0.362 e. The van der Waals surface area contributed by atoms with Gasteiger partial charge in [-0.2, -0.15) is 0 Å². The molecule has 2 heterocycles. The van der Waals surface area contributed by atoms with Crippen molar-refractivity contribution in [3.05, 3.63) is 29.8 Å². The van der Waals surface area contributed by atoms with Crippen molar-refractivity contribution in [3.63, 3.8) is 0 Å². The minimum atomic E-state index is -0.942. The summed E-state index contributed by atoms with van der Waals surface area (Å²) in [6.45, 7) is 1.76. The molecule has 0 saturated carbocycles. The Balaban J connectivity index is 1.31. The molecule has 3 N–H and O–H groups in total. The summed E-state index contributed by atoms with van der Waals surface area (Å²) in [5.74, 6) is -2.54. The smallest absolute Gasteiger partial charge is 0.250 e. The van der Waals surface area contributed by atoms with E-state index in [9.17, 15) is 38.4 Å². The lowest BCUT2D eigenvalue weighted by Crippen LogP contribution is -2.47. The first-order valence-corrected chi connectivity index (χ1v) is 14.9. The molecule has 0 aliphatic carbocycles. The van der Waals surface area contributed by atoms with Gasteiger partial charge >= 0.3 is 0 Å². The molecular weight excluding hydrogens is 582 g/mol. The number of thioether (sulfide) groups is 1. The predicted octanol–water partition coefficient (Wildman–Crippen LogP) is -0.596. The summed E-state index contributed by atoms with van der Waals surface area (Å²) in [4.78, 5) is 97.8.